The molecular formula is C21H15ClN6O2. The van der Waals surface area contributed by atoms with Gasteiger partial charge in [-0.25, -0.2) is 0 Å². The van der Waals surface area contributed by atoms with Crippen LogP contribution in [0.4, 0.5) is 0 Å². The molecule has 8 nitrogen and oxygen atoms in total. The lowest BCUT2D eigenvalue weighted by Gasteiger charge is -2.00. The van der Waals surface area contributed by atoms with Crippen LogP contribution in [-0.2, 0) is 6.42 Å². The lowest BCUT2D eigenvalue weighted by atomic mass is 10.1. The van der Waals surface area contributed by atoms with Crippen molar-refractivity contribution in [1.29, 1.82) is 5.26 Å². The first-order valence-electron chi connectivity index (χ1n) is 9.03. The molecule has 3 heterocycles. The van der Waals surface area contributed by atoms with E-state index in [0.29, 0.717) is 46.4 Å². The van der Waals surface area contributed by atoms with Crippen LogP contribution in [0.15, 0.2) is 59.4 Å². The smallest absolute Gasteiger partial charge is 0.269 e. The summed E-state index contributed by atoms with van der Waals surface area (Å²) in [5.41, 5.74) is 3.59. The molecule has 9 heteroatoms. The molecule has 0 fully saturated rings. The Morgan fingerprint density at radius 2 is 2.10 bits per heavy atom. The van der Waals surface area contributed by atoms with E-state index in [9.17, 15) is 4.79 Å². The number of rotatable bonds is 6. The largest absolute Gasteiger partial charge is 0.361 e. The van der Waals surface area contributed by atoms with E-state index >= 15 is 0 Å². The third kappa shape index (κ3) is 4.21. The summed E-state index contributed by atoms with van der Waals surface area (Å²) >= 11 is 6.06. The highest BCUT2D eigenvalue weighted by Gasteiger charge is 2.12. The predicted molar refractivity (Wildman–Crippen MR) is 110 cm³/mol. The van der Waals surface area contributed by atoms with Gasteiger partial charge >= 0.3 is 0 Å². The lowest BCUT2D eigenvalue weighted by Crippen LogP contribution is -2.25. The van der Waals surface area contributed by atoms with Gasteiger partial charge in [0.25, 0.3) is 5.91 Å². The van der Waals surface area contributed by atoms with Gasteiger partial charge in [-0.1, -0.05) is 22.8 Å². The molecule has 4 rings (SSSR count). The lowest BCUT2D eigenvalue weighted by molar-refractivity contribution is 0.0948. The van der Waals surface area contributed by atoms with Gasteiger partial charge in [0, 0.05) is 42.6 Å². The third-order valence-electron chi connectivity index (χ3n) is 4.38. The van der Waals surface area contributed by atoms with E-state index in [-0.39, 0.29) is 5.91 Å². The van der Waals surface area contributed by atoms with Crippen LogP contribution >= 0.6 is 11.6 Å². The van der Waals surface area contributed by atoms with Crippen LogP contribution < -0.4 is 5.32 Å². The second kappa shape index (κ2) is 8.59. The number of nitrogens with one attached hydrogen (secondary N) is 2. The van der Waals surface area contributed by atoms with Crippen LogP contribution in [0.25, 0.3) is 22.5 Å². The van der Waals surface area contributed by atoms with Crippen LogP contribution in [0.1, 0.15) is 21.8 Å². The van der Waals surface area contributed by atoms with E-state index in [0.717, 1.165) is 11.1 Å². The van der Waals surface area contributed by atoms with Crippen LogP contribution in [0.5, 0.6) is 0 Å². The number of H-pyrrole nitrogens is 1. The first kappa shape index (κ1) is 19.4. The van der Waals surface area contributed by atoms with Gasteiger partial charge in [0.05, 0.1) is 16.3 Å². The number of carbonyl (C=O) groups is 1. The maximum Gasteiger partial charge on any atom is 0.269 e. The van der Waals surface area contributed by atoms with Gasteiger partial charge < -0.3 is 9.84 Å². The second-order valence-corrected chi connectivity index (χ2v) is 6.81. The van der Waals surface area contributed by atoms with Crippen molar-refractivity contribution in [2.24, 2.45) is 0 Å². The number of pyridine rings is 1. The Kier molecular flexibility index (Phi) is 5.54. The Hall–Kier alpha value is -3.96. The van der Waals surface area contributed by atoms with Gasteiger partial charge in [0.15, 0.2) is 0 Å². The number of nitriles is 1. The fourth-order valence-electron chi connectivity index (χ4n) is 2.83. The van der Waals surface area contributed by atoms with Gasteiger partial charge in [-0.05, 0) is 30.3 Å². The van der Waals surface area contributed by atoms with Gasteiger partial charge in [-0.3, -0.25) is 14.9 Å². The topological polar surface area (TPSA) is 120 Å². The van der Waals surface area contributed by atoms with E-state index in [2.05, 4.69) is 25.7 Å². The van der Waals surface area contributed by atoms with Crippen molar-refractivity contribution in [3.8, 4) is 28.6 Å². The molecule has 0 radical (unpaired) electrons. The first-order valence-corrected chi connectivity index (χ1v) is 9.41. The maximum absolute atomic E-state index is 12.3. The number of benzene rings is 1. The highest BCUT2D eigenvalue weighted by Crippen LogP contribution is 2.25. The average Bonchev–Trinajstić information content (AvgIpc) is 3.44. The Morgan fingerprint density at radius 3 is 2.87 bits per heavy atom. The van der Waals surface area contributed by atoms with Gasteiger partial charge in [-0.15, -0.1) is 0 Å². The Morgan fingerprint density at radius 1 is 1.20 bits per heavy atom. The van der Waals surface area contributed by atoms with E-state index in [1.165, 1.54) is 0 Å². The molecule has 1 amide bonds. The number of hydrogen-bond donors (Lipinski definition) is 2. The molecule has 0 bridgehead atoms. The molecule has 0 unspecified atom stereocenters. The minimum atomic E-state index is -0.267. The summed E-state index contributed by atoms with van der Waals surface area (Å²) in [6.45, 7) is 0.364. The average molecular weight is 419 g/mol. The zero-order chi connectivity index (χ0) is 20.9. The van der Waals surface area contributed by atoms with Crippen molar-refractivity contribution in [2.75, 3.05) is 6.54 Å². The molecule has 2 N–H and O–H groups in total. The zero-order valence-corrected chi connectivity index (χ0v) is 16.3. The number of halogens is 1. The van der Waals surface area contributed by atoms with E-state index < -0.39 is 0 Å². The second-order valence-electron chi connectivity index (χ2n) is 6.40. The zero-order valence-electron chi connectivity index (χ0n) is 15.6. The number of hydrogen-bond acceptors (Lipinski definition) is 6. The molecule has 0 aliphatic heterocycles. The summed E-state index contributed by atoms with van der Waals surface area (Å²) in [6, 6.07) is 14.2. The summed E-state index contributed by atoms with van der Waals surface area (Å²) in [7, 11) is 0. The summed E-state index contributed by atoms with van der Waals surface area (Å²) in [4.78, 5) is 16.4. The van der Waals surface area contributed by atoms with E-state index in [1.807, 2.05) is 12.1 Å². The minimum Gasteiger partial charge on any atom is -0.361 e. The summed E-state index contributed by atoms with van der Waals surface area (Å²) in [5, 5.41) is 23.0. The Balaban J connectivity index is 1.34. The van der Waals surface area contributed by atoms with Crippen molar-refractivity contribution < 1.29 is 9.32 Å². The Labute approximate surface area is 176 Å². The molecule has 0 spiro atoms. The summed E-state index contributed by atoms with van der Waals surface area (Å²) in [6.07, 6.45) is 3.82. The summed E-state index contributed by atoms with van der Waals surface area (Å²) in [5.74, 6) is 0.350. The molecule has 0 saturated carbocycles. The molecule has 148 valence electrons. The molecule has 3 aromatic heterocycles. The SMILES string of the molecule is N#Cc1ccc(-c2cc(CCNC(=O)c3cc(-c4cccnc4)n[nH]3)on2)cc1Cl. The molecule has 0 saturated heterocycles. The highest BCUT2D eigenvalue weighted by atomic mass is 35.5. The molecule has 4 aromatic rings. The molecule has 0 atom stereocenters. The van der Waals surface area contributed by atoms with Crippen molar-refractivity contribution >= 4 is 17.5 Å². The highest BCUT2D eigenvalue weighted by molar-refractivity contribution is 6.32. The van der Waals surface area contributed by atoms with Crippen LogP contribution in [0.3, 0.4) is 0 Å². The van der Waals surface area contributed by atoms with Crippen LogP contribution in [0.2, 0.25) is 5.02 Å². The molecule has 1 aromatic carbocycles. The molecule has 0 aliphatic carbocycles. The van der Waals surface area contributed by atoms with Crippen LogP contribution in [0, 0.1) is 11.3 Å². The van der Waals surface area contributed by atoms with Crippen molar-refractivity contribution in [2.45, 2.75) is 6.42 Å². The van der Waals surface area contributed by atoms with Crippen molar-refractivity contribution in [1.82, 2.24) is 25.7 Å². The number of carbonyl (C=O) groups excluding carboxylic acids is 1. The minimum absolute atomic E-state index is 0.267. The number of aromatic nitrogens is 4. The predicted octanol–water partition coefficient (Wildman–Crippen LogP) is 3.62. The normalized spacial score (nSPS) is 10.5. The van der Waals surface area contributed by atoms with Crippen LogP contribution in [-0.4, -0.2) is 32.8 Å². The van der Waals surface area contributed by atoms with Gasteiger partial charge in [-0.2, -0.15) is 10.4 Å². The van der Waals surface area contributed by atoms with Gasteiger partial charge in [0.2, 0.25) is 0 Å². The molecule has 0 aliphatic rings. The van der Waals surface area contributed by atoms with Crippen molar-refractivity contribution in [3.05, 3.63) is 76.9 Å². The molecule has 30 heavy (non-hydrogen) atoms. The standard InChI is InChI=1S/C21H15ClN6O2/c22-17-8-13(3-4-14(17)11-23)19-9-16(30-28-19)5-7-25-21(29)20-10-18(26-27-20)15-2-1-6-24-12-15/h1-4,6,8-10,12H,5,7H2,(H,25,29)(H,26,27). The van der Waals surface area contributed by atoms with E-state index in [4.69, 9.17) is 21.4 Å². The number of amides is 1. The third-order valence-corrected chi connectivity index (χ3v) is 4.69. The first-order chi connectivity index (χ1) is 14.6. The fraction of sp³-hybridized carbons (Fsp3) is 0.0952. The van der Waals surface area contributed by atoms with Gasteiger partial charge in [0.1, 0.15) is 23.2 Å². The van der Waals surface area contributed by atoms with E-state index in [1.54, 1.807) is 48.8 Å². The number of nitrogens with zero attached hydrogens (tertiary/aromatic N) is 4. The molecular weight excluding hydrogens is 404 g/mol. The van der Waals surface area contributed by atoms with Crippen molar-refractivity contribution in [3.63, 3.8) is 0 Å². The fourth-order valence-corrected chi connectivity index (χ4v) is 3.05. The summed E-state index contributed by atoms with van der Waals surface area (Å²) < 4.78 is 5.33. The number of aromatic amines is 1. The quantitative estimate of drug-likeness (QED) is 0.493. The Bertz CT molecular complexity index is 1230. The monoisotopic (exact) mass is 418 g/mol. The maximum atomic E-state index is 12.3.